The molecule has 1 aromatic carbocycles. The first kappa shape index (κ1) is 14.1. The van der Waals surface area contributed by atoms with Crippen LogP contribution in [0.5, 0.6) is 0 Å². The Balaban J connectivity index is 2.13. The summed E-state index contributed by atoms with van der Waals surface area (Å²) in [5.41, 5.74) is 1.13. The van der Waals surface area contributed by atoms with Crippen molar-refractivity contribution in [3.05, 3.63) is 35.9 Å². The van der Waals surface area contributed by atoms with Crippen LogP contribution in [0.1, 0.15) is 50.1 Å². The predicted octanol–water partition coefficient (Wildman–Crippen LogP) is 3.47. The minimum Gasteiger partial charge on any atom is -0.481 e. The molecule has 0 aliphatic carbocycles. The molecule has 1 unspecified atom stereocenters. The van der Waals surface area contributed by atoms with Crippen molar-refractivity contribution in [3.63, 3.8) is 0 Å². The Hall–Kier alpha value is -1.35. The second-order valence-electron chi connectivity index (χ2n) is 5.33. The van der Waals surface area contributed by atoms with Crippen molar-refractivity contribution >= 4 is 5.97 Å². The first-order valence-electron chi connectivity index (χ1n) is 7.28. The Kier molecular flexibility index (Phi) is 5.40. The molecule has 0 radical (unpaired) electrons. The summed E-state index contributed by atoms with van der Waals surface area (Å²) in [6.07, 6.45) is 6.43. The predicted molar refractivity (Wildman–Crippen MR) is 76.1 cm³/mol. The summed E-state index contributed by atoms with van der Waals surface area (Å²) in [7, 11) is 0. The molecule has 1 aromatic rings. The number of nitrogens with zero attached hydrogens (tertiary/aromatic N) is 1. The maximum atomic E-state index is 11.2. The molecule has 104 valence electrons. The van der Waals surface area contributed by atoms with Gasteiger partial charge in [-0.25, -0.2) is 0 Å². The average molecular weight is 261 g/mol. The summed E-state index contributed by atoms with van der Waals surface area (Å²) >= 11 is 0. The number of likely N-dealkylation sites (tertiary alicyclic amines) is 1. The quantitative estimate of drug-likeness (QED) is 0.902. The van der Waals surface area contributed by atoms with Crippen LogP contribution in [0.2, 0.25) is 0 Å². The van der Waals surface area contributed by atoms with Crippen LogP contribution in [0, 0.1) is 0 Å². The van der Waals surface area contributed by atoms with Gasteiger partial charge in [-0.05, 0) is 31.5 Å². The molecular formula is C16H23NO2. The van der Waals surface area contributed by atoms with Crippen molar-refractivity contribution in [2.75, 3.05) is 13.1 Å². The van der Waals surface area contributed by atoms with E-state index in [0.717, 1.165) is 18.7 Å². The highest BCUT2D eigenvalue weighted by Crippen LogP contribution is 2.26. The number of benzene rings is 1. The van der Waals surface area contributed by atoms with E-state index in [9.17, 15) is 9.90 Å². The van der Waals surface area contributed by atoms with Crippen LogP contribution in [0.4, 0.5) is 0 Å². The highest BCUT2D eigenvalue weighted by atomic mass is 16.4. The first-order valence-corrected chi connectivity index (χ1v) is 7.28. The van der Waals surface area contributed by atoms with Crippen molar-refractivity contribution in [3.8, 4) is 0 Å². The largest absolute Gasteiger partial charge is 0.481 e. The van der Waals surface area contributed by atoms with E-state index in [-0.39, 0.29) is 12.5 Å². The number of hydrogen-bond acceptors (Lipinski definition) is 2. The number of hydrogen-bond donors (Lipinski definition) is 1. The smallest absolute Gasteiger partial charge is 0.305 e. The summed E-state index contributed by atoms with van der Waals surface area (Å²) in [5.74, 6) is -0.712. The lowest BCUT2D eigenvalue weighted by molar-refractivity contribution is -0.138. The highest BCUT2D eigenvalue weighted by molar-refractivity contribution is 5.67. The van der Waals surface area contributed by atoms with Crippen LogP contribution in [0.3, 0.4) is 0 Å². The Morgan fingerprint density at radius 1 is 1.05 bits per heavy atom. The van der Waals surface area contributed by atoms with Crippen molar-refractivity contribution in [1.82, 2.24) is 4.90 Å². The minimum absolute atomic E-state index is 0.0248. The third kappa shape index (κ3) is 4.35. The molecule has 1 aliphatic heterocycles. The van der Waals surface area contributed by atoms with Crippen LogP contribution in [-0.2, 0) is 4.79 Å². The van der Waals surface area contributed by atoms with Gasteiger partial charge < -0.3 is 5.11 Å². The lowest BCUT2D eigenvalue weighted by atomic mass is 9.99. The van der Waals surface area contributed by atoms with Gasteiger partial charge in [0.15, 0.2) is 0 Å². The highest BCUT2D eigenvalue weighted by Gasteiger charge is 2.23. The van der Waals surface area contributed by atoms with Gasteiger partial charge in [-0.1, -0.05) is 49.6 Å². The van der Waals surface area contributed by atoms with Crippen LogP contribution in [0.25, 0.3) is 0 Å². The van der Waals surface area contributed by atoms with Gasteiger partial charge in [-0.15, -0.1) is 0 Å². The normalized spacial score (nSPS) is 19.4. The molecule has 1 heterocycles. The summed E-state index contributed by atoms with van der Waals surface area (Å²) in [5, 5.41) is 9.18. The molecule has 1 atom stereocenters. The molecule has 0 saturated carbocycles. The van der Waals surface area contributed by atoms with Crippen LogP contribution < -0.4 is 0 Å². The van der Waals surface area contributed by atoms with Gasteiger partial charge in [0.25, 0.3) is 0 Å². The van der Waals surface area contributed by atoms with Crippen LogP contribution in [0.15, 0.2) is 30.3 Å². The fourth-order valence-electron chi connectivity index (χ4n) is 2.88. The zero-order valence-corrected chi connectivity index (χ0v) is 11.4. The number of carbonyl (C=O) groups is 1. The van der Waals surface area contributed by atoms with E-state index in [1.54, 1.807) is 0 Å². The monoisotopic (exact) mass is 261 g/mol. The lowest BCUT2D eigenvalue weighted by Crippen LogP contribution is -2.33. The number of aliphatic carboxylic acids is 1. The molecule has 19 heavy (non-hydrogen) atoms. The third-order valence-electron chi connectivity index (χ3n) is 3.88. The third-order valence-corrected chi connectivity index (χ3v) is 3.88. The van der Waals surface area contributed by atoms with Crippen molar-refractivity contribution in [2.24, 2.45) is 0 Å². The maximum absolute atomic E-state index is 11.2. The maximum Gasteiger partial charge on any atom is 0.305 e. The Labute approximate surface area is 115 Å². The number of carboxylic acids is 1. The van der Waals surface area contributed by atoms with Gasteiger partial charge in [0.05, 0.1) is 6.42 Å². The van der Waals surface area contributed by atoms with Crippen molar-refractivity contribution < 1.29 is 9.90 Å². The van der Waals surface area contributed by atoms with E-state index in [2.05, 4.69) is 4.90 Å². The standard InChI is InChI=1S/C16H23NO2/c18-16(19)13-15(14-9-5-4-6-10-14)17-11-7-2-1-3-8-12-17/h4-6,9-10,15H,1-3,7-8,11-13H2,(H,18,19). The van der Waals surface area contributed by atoms with Crippen molar-refractivity contribution in [2.45, 2.75) is 44.6 Å². The Morgan fingerprint density at radius 3 is 2.21 bits per heavy atom. The van der Waals surface area contributed by atoms with Gasteiger partial charge in [0.1, 0.15) is 0 Å². The topological polar surface area (TPSA) is 40.5 Å². The van der Waals surface area contributed by atoms with E-state index < -0.39 is 5.97 Å². The first-order chi connectivity index (χ1) is 9.27. The summed E-state index contributed by atoms with van der Waals surface area (Å²) < 4.78 is 0. The molecule has 0 spiro atoms. The molecule has 3 heteroatoms. The Morgan fingerprint density at radius 2 is 1.63 bits per heavy atom. The zero-order chi connectivity index (χ0) is 13.5. The van der Waals surface area contributed by atoms with Gasteiger partial charge in [-0.2, -0.15) is 0 Å². The van der Waals surface area contributed by atoms with Gasteiger partial charge >= 0.3 is 5.97 Å². The van der Waals surface area contributed by atoms with Gasteiger partial charge in [0, 0.05) is 6.04 Å². The molecule has 1 N–H and O–H groups in total. The summed E-state index contributed by atoms with van der Waals surface area (Å²) in [6, 6.07) is 10.1. The molecule has 0 bridgehead atoms. The molecule has 1 fully saturated rings. The molecule has 2 rings (SSSR count). The lowest BCUT2D eigenvalue weighted by Gasteiger charge is -2.32. The van der Waals surface area contributed by atoms with Crippen LogP contribution in [-0.4, -0.2) is 29.1 Å². The zero-order valence-electron chi connectivity index (χ0n) is 11.4. The van der Waals surface area contributed by atoms with E-state index in [1.165, 1.54) is 32.1 Å². The molecule has 0 amide bonds. The summed E-state index contributed by atoms with van der Waals surface area (Å²) in [4.78, 5) is 13.5. The summed E-state index contributed by atoms with van der Waals surface area (Å²) in [6.45, 7) is 2.04. The van der Waals surface area contributed by atoms with Crippen LogP contribution >= 0.6 is 0 Å². The second kappa shape index (κ2) is 7.29. The molecule has 1 aliphatic rings. The minimum atomic E-state index is -0.712. The van der Waals surface area contributed by atoms with Gasteiger partial charge in [-0.3, -0.25) is 9.69 Å². The fourth-order valence-corrected chi connectivity index (χ4v) is 2.88. The fraction of sp³-hybridized carbons (Fsp3) is 0.562. The van der Waals surface area contributed by atoms with Gasteiger partial charge in [0.2, 0.25) is 0 Å². The van der Waals surface area contributed by atoms with E-state index >= 15 is 0 Å². The molecular weight excluding hydrogens is 238 g/mol. The molecule has 0 aromatic heterocycles. The van der Waals surface area contributed by atoms with Crippen molar-refractivity contribution in [1.29, 1.82) is 0 Å². The number of rotatable bonds is 4. The van der Waals surface area contributed by atoms with E-state index in [4.69, 9.17) is 0 Å². The average Bonchev–Trinajstić information content (AvgIpc) is 2.37. The van der Waals surface area contributed by atoms with E-state index in [0.29, 0.717) is 0 Å². The number of carboxylic acid groups (broad SMARTS) is 1. The second-order valence-corrected chi connectivity index (χ2v) is 5.33. The molecule has 3 nitrogen and oxygen atoms in total. The SMILES string of the molecule is O=C(O)CC(c1ccccc1)N1CCCCCCC1. The molecule has 1 saturated heterocycles. The Bertz CT molecular complexity index is 383. The van der Waals surface area contributed by atoms with E-state index in [1.807, 2.05) is 30.3 Å².